The van der Waals surface area contributed by atoms with Crippen LogP contribution in [0.25, 0.3) is 0 Å². The van der Waals surface area contributed by atoms with Crippen LogP contribution in [0.2, 0.25) is 0 Å². The predicted octanol–water partition coefficient (Wildman–Crippen LogP) is 4.19. The van der Waals surface area contributed by atoms with E-state index in [9.17, 15) is 0 Å². The van der Waals surface area contributed by atoms with Gasteiger partial charge in [-0.25, -0.2) is 0 Å². The van der Waals surface area contributed by atoms with Gasteiger partial charge in [-0.05, 0) is 37.1 Å². The van der Waals surface area contributed by atoms with Crippen molar-refractivity contribution in [3.63, 3.8) is 0 Å². The third kappa shape index (κ3) is 3.48. The van der Waals surface area contributed by atoms with E-state index in [-0.39, 0.29) is 0 Å². The minimum Gasteiger partial charge on any atom is -0.398 e. The van der Waals surface area contributed by atoms with Gasteiger partial charge < -0.3 is 5.73 Å². The number of rotatable bonds is 4. The zero-order valence-corrected chi connectivity index (χ0v) is 12.7. The monoisotopic (exact) mass is 310 g/mol. The zero-order chi connectivity index (χ0) is 13.0. The van der Waals surface area contributed by atoms with Crippen molar-refractivity contribution in [3.8, 4) is 0 Å². The van der Waals surface area contributed by atoms with Crippen LogP contribution in [0, 0.1) is 0 Å². The van der Waals surface area contributed by atoms with Gasteiger partial charge in [-0.15, -0.1) is 0 Å². The standard InChI is InChI=1S/C15H23BrN2/c1-2-18(14-6-4-3-5-7-14)11-12-8-9-13(16)10-15(12)17/h8-10,14H,2-7,11,17H2,1H3. The molecule has 0 atom stereocenters. The zero-order valence-electron chi connectivity index (χ0n) is 11.2. The van der Waals surface area contributed by atoms with Crippen LogP contribution in [-0.2, 0) is 6.54 Å². The molecule has 2 rings (SSSR count). The van der Waals surface area contributed by atoms with E-state index in [1.165, 1.54) is 37.7 Å². The fourth-order valence-corrected chi connectivity index (χ4v) is 3.25. The van der Waals surface area contributed by atoms with Crippen molar-refractivity contribution in [3.05, 3.63) is 28.2 Å². The molecule has 1 aromatic carbocycles. The van der Waals surface area contributed by atoms with Gasteiger partial charge in [0, 0.05) is 22.7 Å². The Morgan fingerprint density at radius 2 is 2.00 bits per heavy atom. The second-order valence-electron chi connectivity index (χ2n) is 5.20. The summed E-state index contributed by atoms with van der Waals surface area (Å²) >= 11 is 3.46. The van der Waals surface area contributed by atoms with Gasteiger partial charge in [0.2, 0.25) is 0 Å². The Bertz CT molecular complexity index is 386. The van der Waals surface area contributed by atoms with E-state index >= 15 is 0 Å². The summed E-state index contributed by atoms with van der Waals surface area (Å²) in [6.45, 7) is 4.35. The molecule has 100 valence electrons. The van der Waals surface area contributed by atoms with Gasteiger partial charge in [-0.3, -0.25) is 4.90 Å². The Hall–Kier alpha value is -0.540. The molecule has 1 aliphatic rings. The molecule has 2 N–H and O–H groups in total. The molecule has 0 heterocycles. The molecule has 0 radical (unpaired) electrons. The quantitative estimate of drug-likeness (QED) is 0.845. The van der Waals surface area contributed by atoms with Crippen molar-refractivity contribution in [1.82, 2.24) is 4.90 Å². The number of nitrogens with zero attached hydrogens (tertiary/aromatic N) is 1. The Kier molecular flexibility index (Phi) is 5.07. The van der Waals surface area contributed by atoms with Crippen LogP contribution < -0.4 is 5.73 Å². The molecule has 0 unspecified atom stereocenters. The topological polar surface area (TPSA) is 29.3 Å². The lowest BCUT2D eigenvalue weighted by molar-refractivity contribution is 0.156. The Balaban J connectivity index is 2.04. The van der Waals surface area contributed by atoms with Gasteiger partial charge in [-0.2, -0.15) is 0 Å². The molecular weight excluding hydrogens is 288 g/mol. The smallest absolute Gasteiger partial charge is 0.0371 e. The molecular formula is C15H23BrN2. The lowest BCUT2D eigenvalue weighted by Gasteiger charge is -2.33. The molecule has 0 saturated heterocycles. The highest BCUT2D eigenvalue weighted by Crippen LogP contribution is 2.26. The highest BCUT2D eigenvalue weighted by molar-refractivity contribution is 9.10. The number of halogens is 1. The molecule has 1 aliphatic carbocycles. The number of hydrogen-bond donors (Lipinski definition) is 1. The van der Waals surface area contributed by atoms with Crippen LogP contribution >= 0.6 is 15.9 Å². The number of benzene rings is 1. The van der Waals surface area contributed by atoms with Crippen molar-refractivity contribution < 1.29 is 0 Å². The maximum absolute atomic E-state index is 6.10. The average molecular weight is 311 g/mol. The van der Waals surface area contributed by atoms with Gasteiger partial charge in [-0.1, -0.05) is 48.2 Å². The maximum atomic E-state index is 6.10. The van der Waals surface area contributed by atoms with Gasteiger partial charge in [0.05, 0.1) is 0 Å². The normalized spacial score (nSPS) is 17.3. The molecule has 2 nitrogen and oxygen atoms in total. The highest BCUT2D eigenvalue weighted by atomic mass is 79.9. The van der Waals surface area contributed by atoms with Crippen LogP contribution in [-0.4, -0.2) is 17.5 Å². The summed E-state index contributed by atoms with van der Waals surface area (Å²) in [6.07, 6.45) is 6.89. The summed E-state index contributed by atoms with van der Waals surface area (Å²) in [5.74, 6) is 0. The van der Waals surface area contributed by atoms with Crippen molar-refractivity contribution in [2.45, 2.75) is 51.6 Å². The lowest BCUT2D eigenvalue weighted by atomic mass is 9.94. The number of hydrogen-bond acceptors (Lipinski definition) is 2. The van der Waals surface area contributed by atoms with E-state index < -0.39 is 0 Å². The average Bonchev–Trinajstić information content (AvgIpc) is 2.39. The second-order valence-corrected chi connectivity index (χ2v) is 6.11. The third-order valence-electron chi connectivity index (χ3n) is 3.98. The fraction of sp³-hybridized carbons (Fsp3) is 0.600. The van der Waals surface area contributed by atoms with E-state index in [1.54, 1.807) is 0 Å². The summed E-state index contributed by atoms with van der Waals surface area (Å²) in [7, 11) is 0. The van der Waals surface area contributed by atoms with Gasteiger partial charge in [0.25, 0.3) is 0 Å². The molecule has 1 saturated carbocycles. The third-order valence-corrected chi connectivity index (χ3v) is 4.47. The van der Waals surface area contributed by atoms with Crippen molar-refractivity contribution in [2.24, 2.45) is 0 Å². The summed E-state index contributed by atoms with van der Waals surface area (Å²) < 4.78 is 1.06. The summed E-state index contributed by atoms with van der Waals surface area (Å²) in [5.41, 5.74) is 8.25. The molecule has 18 heavy (non-hydrogen) atoms. The molecule has 0 aliphatic heterocycles. The van der Waals surface area contributed by atoms with Crippen molar-refractivity contribution in [1.29, 1.82) is 0 Å². The van der Waals surface area contributed by atoms with Crippen LogP contribution in [0.4, 0.5) is 5.69 Å². The summed E-state index contributed by atoms with van der Waals surface area (Å²) in [6, 6.07) is 6.99. The largest absolute Gasteiger partial charge is 0.398 e. The van der Waals surface area contributed by atoms with Crippen LogP contribution in [0.1, 0.15) is 44.6 Å². The summed E-state index contributed by atoms with van der Waals surface area (Å²) in [4.78, 5) is 2.58. The molecule has 0 bridgehead atoms. The van der Waals surface area contributed by atoms with E-state index in [0.29, 0.717) is 0 Å². The Morgan fingerprint density at radius 3 is 2.61 bits per heavy atom. The predicted molar refractivity (Wildman–Crippen MR) is 81.5 cm³/mol. The van der Waals surface area contributed by atoms with Crippen LogP contribution in [0.3, 0.4) is 0 Å². The van der Waals surface area contributed by atoms with E-state index in [0.717, 1.165) is 29.3 Å². The molecule has 1 fully saturated rings. The minimum absolute atomic E-state index is 0.756. The first-order valence-electron chi connectivity index (χ1n) is 6.98. The first-order valence-corrected chi connectivity index (χ1v) is 7.78. The van der Waals surface area contributed by atoms with E-state index in [1.807, 2.05) is 6.07 Å². The maximum Gasteiger partial charge on any atom is 0.0371 e. The molecule has 0 spiro atoms. The van der Waals surface area contributed by atoms with E-state index in [2.05, 4.69) is 39.9 Å². The van der Waals surface area contributed by atoms with Crippen LogP contribution in [0.5, 0.6) is 0 Å². The molecule has 0 aromatic heterocycles. The van der Waals surface area contributed by atoms with Gasteiger partial charge in [0.1, 0.15) is 0 Å². The Morgan fingerprint density at radius 1 is 1.28 bits per heavy atom. The lowest BCUT2D eigenvalue weighted by Crippen LogP contribution is -2.36. The molecule has 3 heteroatoms. The van der Waals surface area contributed by atoms with Crippen LogP contribution in [0.15, 0.2) is 22.7 Å². The Labute approximate surface area is 119 Å². The fourth-order valence-electron chi connectivity index (χ4n) is 2.87. The number of nitrogens with two attached hydrogens (primary N) is 1. The van der Waals surface area contributed by atoms with Crippen molar-refractivity contribution >= 4 is 21.6 Å². The molecule has 0 amide bonds. The van der Waals surface area contributed by atoms with Crippen molar-refractivity contribution in [2.75, 3.05) is 12.3 Å². The summed E-state index contributed by atoms with van der Waals surface area (Å²) in [5, 5.41) is 0. The highest BCUT2D eigenvalue weighted by Gasteiger charge is 2.20. The first kappa shape index (κ1) is 13.9. The number of nitrogen functional groups attached to an aromatic ring is 1. The first-order chi connectivity index (χ1) is 8.70. The van der Waals surface area contributed by atoms with E-state index in [4.69, 9.17) is 5.73 Å². The SMILES string of the molecule is CCN(Cc1ccc(Br)cc1N)C1CCCCC1. The second kappa shape index (κ2) is 6.58. The van der Waals surface area contributed by atoms with Gasteiger partial charge in [0.15, 0.2) is 0 Å². The molecule has 1 aromatic rings. The van der Waals surface area contributed by atoms with Gasteiger partial charge >= 0.3 is 0 Å². The minimum atomic E-state index is 0.756. The number of anilines is 1.